The molecule has 3 nitrogen and oxygen atoms in total. The molecule has 3 rings (SSSR count). The van der Waals surface area contributed by atoms with Crippen LogP contribution in [0.3, 0.4) is 0 Å². The van der Waals surface area contributed by atoms with Gasteiger partial charge in [0.15, 0.2) is 0 Å². The molecule has 3 atom stereocenters. The van der Waals surface area contributed by atoms with Gasteiger partial charge in [-0.2, -0.15) is 0 Å². The molecule has 1 aliphatic heterocycles. The van der Waals surface area contributed by atoms with Gasteiger partial charge in [0.05, 0.1) is 6.04 Å². The number of hydrogen-bond donors (Lipinski definition) is 2. The molecule has 3 heteroatoms. The first kappa shape index (κ1) is 14.6. The zero-order chi connectivity index (χ0) is 15.0. The normalized spacial score (nSPS) is 27.9. The SMILES string of the molecule is Cc1cccc(C(C)C)c1NC(=O)C1NCC2CCCC21. The van der Waals surface area contributed by atoms with Crippen LogP contribution >= 0.6 is 0 Å². The van der Waals surface area contributed by atoms with E-state index >= 15 is 0 Å². The van der Waals surface area contributed by atoms with E-state index in [-0.39, 0.29) is 11.9 Å². The number of nitrogens with one attached hydrogen (secondary N) is 2. The molecule has 1 amide bonds. The fraction of sp³-hybridized carbons (Fsp3) is 0.611. The van der Waals surface area contributed by atoms with Crippen molar-refractivity contribution in [2.75, 3.05) is 11.9 Å². The topological polar surface area (TPSA) is 41.1 Å². The van der Waals surface area contributed by atoms with Gasteiger partial charge in [-0.3, -0.25) is 4.79 Å². The number of fused-ring (bicyclic) bond motifs is 1. The van der Waals surface area contributed by atoms with Gasteiger partial charge >= 0.3 is 0 Å². The second-order valence-electron chi connectivity index (χ2n) is 6.92. The van der Waals surface area contributed by atoms with Gasteiger partial charge in [0.2, 0.25) is 5.91 Å². The van der Waals surface area contributed by atoms with Crippen molar-refractivity contribution in [3.05, 3.63) is 29.3 Å². The first-order chi connectivity index (χ1) is 10.1. The van der Waals surface area contributed by atoms with Crippen LogP contribution in [0.5, 0.6) is 0 Å². The van der Waals surface area contributed by atoms with Gasteiger partial charge in [0.25, 0.3) is 0 Å². The monoisotopic (exact) mass is 286 g/mol. The van der Waals surface area contributed by atoms with Crippen molar-refractivity contribution in [3.8, 4) is 0 Å². The van der Waals surface area contributed by atoms with Crippen molar-refractivity contribution >= 4 is 11.6 Å². The number of aryl methyl sites for hydroxylation is 1. The Bertz CT molecular complexity index is 538. The molecule has 1 aromatic rings. The molecule has 114 valence electrons. The maximum Gasteiger partial charge on any atom is 0.241 e. The summed E-state index contributed by atoms with van der Waals surface area (Å²) in [7, 11) is 0. The van der Waals surface area contributed by atoms with E-state index in [1.807, 2.05) is 0 Å². The van der Waals surface area contributed by atoms with Crippen LogP contribution in [0.25, 0.3) is 0 Å². The number of carbonyl (C=O) groups is 1. The van der Waals surface area contributed by atoms with Gasteiger partial charge in [0, 0.05) is 5.69 Å². The predicted molar refractivity (Wildman–Crippen MR) is 86.5 cm³/mol. The molecule has 21 heavy (non-hydrogen) atoms. The molecule has 1 aliphatic carbocycles. The Hall–Kier alpha value is -1.35. The average molecular weight is 286 g/mol. The van der Waals surface area contributed by atoms with Gasteiger partial charge in [-0.15, -0.1) is 0 Å². The van der Waals surface area contributed by atoms with E-state index in [9.17, 15) is 4.79 Å². The summed E-state index contributed by atoms with van der Waals surface area (Å²) < 4.78 is 0. The molecule has 1 saturated carbocycles. The largest absolute Gasteiger partial charge is 0.324 e. The van der Waals surface area contributed by atoms with Crippen LogP contribution in [0, 0.1) is 18.8 Å². The van der Waals surface area contributed by atoms with Gasteiger partial charge in [0.1, 0.15) is 0 Å². The van der Waals surface area contributed by atoms with Crippen molar-refractivity contribution in [1.82, 2.24) is 5.32 Å². The molecule has 1 aromatic carbocycles. The van der Waals surface area contributed by atoms with Gasteiger partial charge in [-0.25, -0.2) is 0 Å². The molecule has 0 spiro atoms. The first-order valence-corrected chi connectivity index (χ1v) is 8.21. The van der Waals surface area contributed by atoms with E-state index in [1.54, 1.807) is 0 Å². The first-order valence-electron chi connectivity index (χ1n) is 8.21. The van der Waals surface area contributed by atoms with Crippen LogP contribution < -0.4 is 10.6 Å². The Morgan fingerprint density at radius 1 is 1.33 bits per heavy atom. The van der Waals surface area contributed by atoms with Crippen molar-refractivity contribution in [1.29, 1.82) is 0 Å². The van der Waals surface area contributed by atoms with Crippen LogP contribution in [0.15, 0.2) is 18.2 Å². The second-order valence-corrected chi connectivity index (χ2v) is 6.92. The van der Waals surface area contributed by atoms with Crippen LogP contribution in [0.4, 0.5) is 5.69 Å². The highest BCUT2D eigenvalue weighted by molar-refractivity contribution is 5.96. The number of benzene rings is 1. The van der Waals surface area contributed by atoms with Gasteiger partial charge in [-0.05, 0) is 55.2 Å². The second kappa shape index (κ2) is 5.80. The lowest BCUT2D eigenvalue weighted by molar-refractivity contribution is -0.118. The fourth-order valence-corrected chi connectivity index (χ4v) is 4.02. The number of anilines is 1. The standard InChI is InChI=1S/C18H26N2O/c1-11(2)14-8-4-6-12(3)16(14)20-18(21)17-15-9-5-7-13(15)10-19-17/h4,6,8,11,13,15,17,19H,5,7,9-10H2,1-3H3,(H,20,21). The molecule has 2 fully saturated rings. The summed E-state index contributed by atoms with van der Waals surface area (Å²) in [5.74, 6) is 1.82. The Morgan fingerprint density at radius 2 is 2.14 bits per heavy atom. The summed E-state index contributed by atoms with van der Waals surface area (Å²) >= 11 is 0. The van der Waals surface area contributed by atoms with E-state index in [2.05, 4.69) is 49.6 Å². The average Bonchev–Trinajstić information content (AvgIpc) is 3.02. The molecular weight excluding hydrogens is 260 g/mol. The van der Waals surface area contributed by atoms with Crippen molar-refractivity contribution in [2.45, 2.75) is 52.0 Å². The molecule has 3 unspecified atom stereocenters. The lowest BCUT2D eigenvalue weighted by Crippen LogP contribution is -2.40. The van der Waals surface area contributed by atoms with Crippen molar-refractivity contribution in [2.24, 2.45) is 11.8 Å². The van der Waals surface area contributed by atoms with E-state index < -0.39 is 0 Å². The quantitative estimate of drug-likeness (QED) is 0.893. The fourth-order valence-electron chi connectivity index (χ4n) is 4.02. The highest BCUT2D eigenvalue weighted by atomic mass is 16.2. The molecule has 2 aliphatic rings. The minimum Gasteiger partial charge on any atom is -0.324 e. The number of carbonyl (C=O) groups excluding carboxylic acids is 1. The maximum atomic E-state index is 12.7. The minimum atomic E-state index is -0.00267. The predicted octanol–water partition coefficient (Wildman–Crippen LogP) is 3.45. The lowest BCUT2D eigenvalue weighted by atomic mass is 9.93. The third-order valence-corrected chi connectivity index (χ3v) is 5.20. The van der Waals surface area contributed by atoms with Crippen LogP contribution in [-0.2, 0) is 4.79 Å². The summed E-state index contributed by atoms with van der Waals surface area (Å²) in [6.07, 6.45) is 3.76. The number of amides is 1. The third kappa shape index (κ3) is 2.71. The van der Waals surface area contributed by atoms with E-state index in [4.69, 9.17) is 0 Å². The highest BCUT2D eigenvalue weighted by Crippen LogP contribution is 2.38. The number of rotatable bonds is 3. The van der Waals surface area contributed by atoms with E-state index in [0.717, 1.165) is 17.8 Å². The molecule has 1 saturated heterocycles. The van der Waals surface area contributed by atoms with Crippen LogP contribution in [0.1, 0.15) is 50.2 Å². The molecule has 1 heterocycles. The van der Waals surface area contributed by atoms with Crippen LogP contribution in [-0.4, -0.2) is 18.5 Å². The number of para-hydroxylation sites is 1. The molecule has 0 radical (unpaired) electrons. The summed E-state index contributed by atoms with van der Waals surface area (Å²) in [6, 6.07) is 6.26. The molecule has 0 aromatic heterocycles. The van der Waals surface area contributed by atoms with Crippen molar-refractivity contribution < 1.29 is 4.79 Å². The summed E-state index contributed by atoms with van der Waals surface area (Å²) in [5.41, 5.74) is 3.39. The Kier molecular flexibility index (Phi) is 4.03. The lowest BCUT2D eigenvalue weighted by Gasteiger charge is -2.21. The summed E-state index contributed by atoms with van der Waals surface area (Å²) in [5, 5.41) is 6.65. The summed E-state index contributed by atoms with van der Waals surface area (Å²) in [4.78, 5) is 12.7. The Labute approximate surface area is 127 Å². The zero-order valence-electron chi connectivity index (χ0n) is 13.3. The van der Waals surface area contributed by atoms with E-state index in [1.165, 1.54) is 24.8 Å². The molecule has 2 N–H and O–H groups in total. The van der Waals surface area contributed by atoms with E-state index in [0.29, 0.717) is 17.8 Å². The number of hydrogen-bond acceptors (Lipinski definition) is 2. The Morgan fingerprint density at radius 3 is 2.90 bits per heavy atom. The molecule has 0 bridgehead atoms. The molecular formula is C18H26N2O. The summed E-state index contributed by atoms with van der Waals surface area (Å²) in [6.45, 7) is 7.42. The maximum absolute atomic E-state index is 12.7. The minimum absolute atomic E-state index is 0.00267. The van der Waals surface area contributed by atoms with Crippen molar-refractivity contribution in [3.63, 3.8) is 0 Å². The third-order valence-electron chi connectivity index (χ3n) is 5.20. The Balaban J connectivity index is 1.79. The zero-order valence-corrected chi connectivity index (χ0v) is 13.3. The highest BCUT2D eigenvalue weighted by Gasteiger charge is 2.42. The smallest absolute Gasteiger partial charge is 0.241 e. The van der Waals surface area contributed by atoms with Crippen LogP contribution in [0.2, 0.25) is 0 Å². The van der Waals surface area contributed by atoms with Gasteiger partial charge in [-0.1, -0.05) is 38.5 Å². The van der Waals surface area contributed by atoms with Gasteiger partial charge < -0.3 is 10.6 Å².